The molecule has 15 heavy (non-hydrogen) atoms. The average molecular weight is 223 g/mol. The molecule has 2 atom stereocenters. The quantitative estimate of drug-likeness (QED) is 0.772. The van der Waals surface area contributed by atoms with Gasteiger partial charge in [0.2, 0.25) is 0 Å². The second-order valence-corrected chi connectivity index (χ2v) is 5.62. The van der Waals surface area contributed by atoms with E-state index in [9.17, 15) is 0 Å². The van der Waals surface area contributed by atoms with Gasteiger partial charge < -0.3 is 5.32 Å². The van der Waals surface area contributed by atoms with E-state index in [2.05, 4.69) is 36.7 Å². The molecule has 0 bridgehead atoms. The third-order valence-electron chi connectivity index (χ3n) is 3.36. The molecule has 84 valence electrons. The van der Waals surface area contributed by atoms with Gasteiger partial charge in [0.1, 0.15) is 0 Å². The van der Waals surface area contributed by atoms with Crippen molar-refractivity contribution in [2.24, 2.45) is 11.8 Å². The van der Waals surface area contributed by atoms with Gasteiger partial charge in [-0.15, -0.1) is 11.3 Å². The molecule has 1 heterocycles. The summed E-state index contributed by atoms with van der Waals surface area (Å²) in [5, 5.41) is 5.89. The van der Waals surface area contributed by atoms with Gasteiger partial charge in [0.25, 0.3) is 0 Å². The van der Waals surface area contributed by atoms with Crippen molar-refractivity contribution in [1.29, 1.82) is 0 Å². The third-order valence-corrected chi connectivity index (χ3v) is 4.31. The lowest BCUT2D eigenvalue weighted by Gasteiger charge is -2.24. The van der Waals surface area contributed by atoms with Gasteiger partial charge in [-0.05, 0) is 49.1 Å². The molecule has 0 amide bonds. The number of nitrogens with one attached hydrogen (secondary N) is 1. The highest BCUT2D eigenvalue weighted by Gasteiger charge is 2.33. The molecule has 0 spiro atoms. The van der Waals surface area contributed by atoms with Crippen molar-refractivity contribution in [3.05, 3.63) is 22.4 Å². The molecule has 1 aliphatic carbocycles. The first-order valence-corrected chi connectivity index (χ1v) is 6.97. The predicted molar refractivity (Wildman–Crippen MR) is 67.2 cm³/mol. The fraction of sp³-hybridized carbons (Fsp3) is 0.692. The average Bonchev–Trinajstić information content (AvgIpc) is 2.97. The van der Waals surface area contributed by atoms with E-state index in [-0.39, 0.29) is 0 Å². The van der Waals surface area contributed by atoms with Crippen LogP contribution in [0.1, 0.15) is 44.0 Å². The van der Waals surface area contributed by atoms with Gasteiger partial charge in [-0.3, -0.25) is 0 Å². The van der Waals surface area contributed by atoms with Crippen molar-refractivity contribution in [2.45, 2.75) is 39.2 Å². The number of thiophene rings is 1. The summed E-state index contributed by atoms with van der Waals surface area (Å²) in [6.45, 7) is 5.78. The lowest BCUT2D eigenvalue weighted by atomic mass is 9.95. The Morgan fingerprint density at radius 1 is 1.53 bits per heavy atom. The molecule has 0 aromatic carbocycles. The Bertz CT molecular complexity index is 277. The minimum atomic E-state index is 0.595. The maximum atomic E-state index is 3.70. The molecule has 1 N–H and O–H groups in total. The van der Waals surface area contributed by atoms with Gasteiger partial charge >= 0.3 is 0 Å². The summed E-state index contributed by atoms with van der Waals surface area (Å²) in [5.74, 6) is 1.77. The zero-order valence-corrected chi connectivity index (χ0v) is 10.5. The molecule has 0 radical (unpaired) electrons. The number of hydrogen-bond acceptors (Lipinski definition) is 2. The second-order valence-electron chi connectivity index (χ2n) is 4.64. The second kappa shape index (κ2) is 5.13. The van der Waals surface area contributed by atoms with Crippen LogP contribution in [0.3, 0.4) is 0 Å². The van der Waals surface area contributed by atoms with E-state index in [4.69, 9.17) is 0 Å². The highest BCUT2D eigenvalue weighted by molar-refractivity contribution is 7.10. The third kappa shape index (κ3) is 2.82. The van der Waals surface area contributed by atoms with Crippen LogP contribution < -0.4 is 5.32 Å². The Morgan fingerprint density at radius 3 is 2.87 bits per heavy atom. The summed E-state index contributed by atoms with van der Waals surface area (Å²) < 4.78 is 0. The minimum Gasteiger partial charge on any atom is -0.309 e. The smallest absolute Gasteiger partial charge is 0.0443 e. The van der Waals surface area contributed by atoms with Crippen molar-refractivity contribution in [1.82, 2.24) is 5.32 Å². The molecule has 1 nitrogen and oxygen atoms in total. The van der Waals surface area contributed by atoms with E-state index >= 15 is 0 Å². The van der Waals surface area contributed by atoms with Gasteiger partial charge in [-0.1, -0.05) is 19.9 Å². The lowest BCUT2D eigenvalue weighted by Crippen LogP contribution is -2.28. The van der Waals surface area contributed by atoms with Gasteiger partial charge in [-0.2, -0.15) is 0 Å². The van der Waals surface area contributed by atoms with E-state index in [0.29, 0.717) is 6.04 Å². The summed E-state index contributed by atoms with van der Waals surface area (Å²) in [7, 11) is 0. The number of hydrogen-bond donors (Lipinski definition) is 1. The topological polar surface area (TPSA) is 12.0 Å². The van der Waals surface area contributed by atoms with Crippen molar-refractivity contribution in [3.63, 3.8) is 0 Å². The monoisotopic (exact) mass is 223 g/mol. The fourth-order valence-corrected chi connectivity index (χ4v) is 3.12. The van der Waals surface area contributed by atoms with E-state index in [1.807, 2.05) is 11.3 Å². The fourth-order valence-electron chi connectivity index (χ4n) is 2.21. The Kier molecular flexibility index (Phi) is 3.81. The molecule has 1 aromatic rings. The lowest BCUT2D eigenvalue weighted by molar-refractivity contribution is 0.354. The molecule has 2 rings (SSSR count). The first-order valence-electron chi connectivity index (χ1n) is 6.09. The van der Waals surface area contributed by atoms with Crippen LogP contribution in [0.4, 0.5) is 0 Å². The Morgan fingerprint density at radius 2 is 2.33 bits per heavy atom. The summed E-state index contributed by atoms with van der Waals surface area (Å²) in [6.07, 6.45) is 4.10. The zero-order valence-electron chi connectivity index (χ0n) is 9.70. The molecule has 2 unspecified atom stereocenters. The van der Waals surface area contributed by atoms with Crippen LogP contribution in [0.5, 0.6) is 0 Å². The normalized spacial score (nSPS) is 20.1. The summed E-state index contributed by atoms with van der Waals surface area (Å²) in [6, 6.07) is 5.04. The summed E-state index contributed by atoms with van der Waals surface area (Å²) >= 11 is 1.89. The Labute approximate surface area is 96.9 Å². The predicted octanol–water partition coefficient (Wildman–Crippen LogP) is 3.83. The van der Waals surface area contributed by atoms with Gasteiger partial charge in [-0.25, -0.2) is 0 Å². The van der Waals surface area contributed by atoms with Gasteiger partial charge in [0.15, 0.2) is 0 Å². The van der Waals surface area contributed by atoms with E-state index < -0.39 is 0 Å². The van der Waals surface area contributed by atoms with E-state index in [1.54, 1.807) is 0 Å². The van der Waals surface area contributed by atoms with Gasteiger partial charge in [0.05, 0.1) is 0 Å². The SMILES string of the molecule is CCCNC(c1cccs1)C(C)C1CC1. The van der Waals surface area contributed by atoms with E-state index in [1.165, 1.54) is 24.1 Å². The summed E-state index contributed by atoms with van der Waals surface area (Å²) in [4.78, 5) is 1.52. The van der Waals surface area contributed by atoms with Crippen molar-refractivity contribution >= 4 is 11.3 Å². The van der Waals surface area contributed by atoms with E-state index in [0.717, 1.165) is 18.4 Å². The largest absolute Gasteiger partial charge is 0.309 e. The molecule has 1 aliphatic rings. The van der Waals surface area contributed by atoms with Crippen LogP contribution in [-0.2, 0) is 0 Å². The van der Waals surface area contributed by atoms with Crippen LogP contribution in [0.25, 0.3) is 0 Å². The first-order chi connectivity index (χ1) is 7.33. The van der Waals surface area contributed by atoms with Crippen LogP contribution in [0.2, 0.25) is 0 Å². The molecule has 1 fully saturated rings. The molecule has 0 saturated heterocycles. The molecular weight excluding hydrogens is 202 g/mol. The highest BCUT2D eigenvalue weighted by Crippen LogP contribution is 2.43. The molecule has 0 aliphatic heterocycles. The maximum Gasteiger partial charge on any atom is 0.0443 e. The molecule has 2 heteroatoms. The molecular formula is C13H21NS. The van der Waals surface area contributed by atoms with Crippen molar-refractivity contribution in [3.8, 4) is 0 Å². The highest BCUT2D eigenvalue weighted by atomic mass is 32.1. The molecule has 1 saturated carbocycles. The maximum absolute atomic E-state index is 3.70. The van der Waals surface area contributed by atoms with Crippen LogP contribution >= 0.6 is 11.3 Å². The Hall–Kier alpha value is -0.340. The van der Waals surface area contributed by atoms with Crippen LogP contribution in [-0.4, -0.2) is 6.54 Å². The van der Waals surface area contributed by atoms with Crippen molar-refractivity contribution < 1.29 is 0 Å². The first kappa shape index (κ1) is 11.2. The molecule has 1 aromatic heterocycles. The van der Waals surface area contributed by atoms with Gasteiger partial charge in [0, 0.05) is 10.9 Å². The summed E-state index contributed by atoms with van der Waals surface area (Å²) in [5.41, 5.74) is 0. The van der Waals surface area contributed by atoms with Crippen LogP contribution in [0, 0.1) is 11.8 Å². The number of rotatable bonds is 6. The van der Waals surface area contributed by atoms with Crippen LogP contribution in [0.15, 0.2) is 17.5 Å². The minimum absolute atomic E-state index is 0.595. The standard InChI is InChI=1S/C13H21NS/c1-3-8-14-13(10(2)11-6-7-11)12-5-4-9-15-12/h4-5,9-11,13-14H,3,6-8H2,1-2H3. The Balaban J connectivity index is 2.01. The van der Waals surface area contributed by atoms with Crippen molar-refractivity contribution in [2.75, 3.05) is 6.54 Å². The zero-order chi connectivity index (χ0) is 10.7.